The molecule has 0 aliphatic rings. The number of urea groups is 1. The molecular formula is C14H20N4O2. The summed E-state index contributed by atoms with van der Waals surface area (Å²) in [5.74, 6) is 0. The van der Waals surface area contributed by atoms with Gasteiger partial charge in [-0.3, -0.25) is 4.57 Å². The van der Waals surface area contributed by atoms with Crippen molar-refractivity contribution in [3.63, 3.8) is 0 Å². The maximum absolute atomic E-state index is 11.8. The Morgan fingerprint density at radius 2 is 2.00 bits per heavy atom. The van der Waals surface area contributed by atoms with E-state index < -0.39 is 0 Å². The number of aromatic amines is 1. The Balaban J connectivity index is 2.01. The molecule has 6 heteroatoms. The number of hydrogen-bond acceptors (Lipinski definition) is 2. The van der Waals surface area contributed by atoms with Crippen LogP contribution in [0.5, 0.6) is 0 Å². The van der Waals surface area contributed by atoms with Gasteiger partial charge in [-0.2, -0.15) is 0 Å². The van der Waals surface area contributed by atoms with E-state index in [-0.39, 0.29) is 11.7 Å². The molecule has 20 heavy (non-hydrogen) atoms. The molecule has 0 radical (unpaired) electrons. The van der Waals surface area contributed by atoms with Gasteiger partial charge in [0.2, 0.25) is 0 Å². The van der Waals surface area contributed by atoms with Gasteiger partial charge >= 0.3 is 11.7 Å². The number of aromatic nitrogens is 2. The van der Waals surface area contributed by atoms with Crippen molar-refractivity contribution >= 4 is 17.1 Å². The number of benzene rings is 1. The largest absolute Gasteiger partial charge is 0.336 e. The van der Waals surface area contributed by atoms with Gasteiger partial charge in [0.05, 0.1) is 11.0 Å². The molecule has 2 aromatic rings. The molecule has 0 spiro atoms. The van der Waals surface area contributed by atoms with E-state index in [0.717, 1.165) is 11.0 Å². The minimum atomic E-state index is -0.150. The summed E-state index contributed by atoms with van der Waals surface area (Å²) in [4.78, 5) is 28.1. The molecule has 6 nitrogen and oxygen atoms in total. The summed E-state index contributed by atoms with van der Waals surface area (Å²) in [7, 11) is 0. The van der Waals surface area contributed by atoms with Crippen molar-refractivity contribution in [2.45, 2.75) is 20.4 Å². The van der Waals surface area contributed by atoms with E-state index in [1.807, 2.05) is 38.1 Å². The van der Waals surface area contributed by atoms with E-state index >= 15 is 0 Å². The van der Waals surface area contributed by atoms with Crippen LogP contribution in [0.2, 0.25) is 0 Å². The Kier molecular flexibility index (Phi) is 4.45. The minimum Gasteiger partial charge on any atom is -0.336 e. The lowest BCUT2D eigenvalue weighted by Crippen LogP contribution is -2.41. The smallest absolute Gasteiger partial charge is 0.326 e. The molecule has 0 aliphatic carbocycles. The van der Waals surface area contributed by atoms with Gasteiger partial charge in [0.15, 0.2) is 0 Å². The van der Waals surface area contributed by atoms with E-state index in [9.17, 15) is 9.59 Å². The van der Waals surface area contributed by atoms with Crippen LogP contribution in [0.15, 0.2) is 29.1 Å². The van der Waals surface area contributed by atoms with Gasteiger partial charge in [-0.1, -0.05) is 12.1 Å². The Morgan fingerprint density at radius 3 is 2.70 bits per heavy atom. The number of H-pyrrole nitrogens is 1. The molecule has 0 saturated carbocycles. The van der Waals surface area contributed by atoms with Crippen molar-refractivity contribution in [1.82, 2.24) is 19.8 Å². The maximum atomic E-state index is 11.8. The first-order valence-corrected chi connectivity index (χ1v) is 6.87. The fourth-order valence-corrected chi connectivity index (χ4v) is 2.23. The van der Waals surface area contributed by atoms with Gasteiger partial charge in [0.1, 0.15) is 0 Å². The number of carbonyl (C=O) groups is 1. The normalized spacial score (nSPS) is 10.7. The highest BCUT2D eigenvalue weighted by Gasteiger charge is 2.09. The molecular weight excluding hydrogens is 256 g/mol. The predicted octanol–water partition coefficient (Wildman–Crippen LogP) is 1.38. The van der Waals surface area contributed by atoms with Crippen LogP contribution in [0.4, 0.5) is 4.79 Å². The molecule has 1 aromatic heterocycles. The molecule has 0 atom stereocenters. The van der Waals surface area contributed by atoms with Gasteiger partial charge in [0, 0.05) is 26.2 Å². The lowest BCUT2D eigenvalue weighted by atomic mass is 10.3. The number of hydrogen-bond donors (Lipinski definition) is 2. The summed E-state index contributed by atoms with van der Waals surface area (Å²) >= 11 is 0. The lowest BCUT2D eigenvalue weighted by Gasteiger charge is -2.19. The fourth-order valence-electron chi connectivity index (χ4n) is 2.23. The summed E-state index contributed by atoms with van der Waals surface area (Å²) in [5.41, 5.74) is 1.52. The summed E-state index contributed by atoms with van der Waals surface area (Å²) in [6.07, 6.45) is 0. The number of rotatable bonds is 5. The first-order valence-electron chi connectivity index (χ1n) is 6.87. The number of carbonyl (C=O) groups excluding carboxylic acids is 1. The molecule has 0 aliphatic heterocycles. The molecule has 1 aromatic carbocycles. The Labute approximate surface area is 117 Å². The first-order chi connectivity index (χ1) is 9.67. The van der Waals surface area contributed by atoms with E-state index in [2.05, 4.69) is 10.3 Å². The van der Waals surface area contributed by atoms with Crippen molar-refractivity contribution in [2.24, 2.45) is 0 Å². The van der Waals surface area contributed by atoms with Crippen molar-refractivity contribution in [3.8, 4) is 0 Å². The lowest BCUT2D eigenvalue weighted by molar-refractivity contribution is 0.203. The number of para-hydroxylation sites is 2. The van der Waals surface area contributed by atoms with Crippen molar-refractivity contribution in [2.75, 3.05) is 19.6 Å². The highest BCUT2D eigenvalue weighted by atomic mass is 16.2. The standard InChI is InChI=1S/C14H20N4O2/c1-3-17(4-2)13(19)15-9-10-18-12-8-6-5-7-11(12)16-14(18)20/h5-8H,3-4,9-10H2,1-2H3,(H,15,19)(H,16,20). The van der Waals surface area contributed by atoms with Crippen molar-refractivity contribution in [3.05, 3.63) is 34.7 Å². The van der Waals surface area contributed by atoms with Crippen LogP contribution in [0, 0.1) is 0 Å². The second kappa shape index (κ2) is 6.27. The number of imidazole rings is 1. The highest BCUT2D eigenvalue weighted by molar-refractivity contribution is 5.75. The number of nitrogens with zero attached hydrogens (tertiary/aromatic N) is 2. The molecule has 1 heterocycles. The average Bonchev–Trinajstić information content (AvgIpc) is 2.76. The summed E-state index contributed by atoms with van der Waals surface area (Å²) in [6, 6.07) is 7.43. The van der Waals surface area contributed by atoms with Gasteiger partial charge in [-0.05, 0) is 26.0 Å². The third kappa shape index (κ3) is 2.84. The van der Waals surface area contributed by atoms with Crippen molar-refractivity contribution < 1.29 is 4.79 Å². The molecule has 108 valence electrons. The maximum Gasteiger partial charge on any atom is 0.326 e. The average molecular weight is 276 g/mol. The van der Waals surface area contributed by atoms with E-state index in [4.69, 9.17) is 0 Å². The summed E-state index contributed by atoms with van der Waals surface area (Å²) in [5, 5.41) is 2.83. The highest BCUT2D eigenvalue weighted by Crippen LogP contribution is 2.08. The van der Waals surface area contributed by atoms with Gasteiger partial charge < -0.3 is 15.2 Å². The van der Waals surface area contributed by atoms with E-state index in [1.54, 1.807) is 9.47 Å². The zero-order valence-electron chi connectivity index (χ0n) is 11.8. The first kappa shape index (κ1) is 14.2. The van der Waals surface area contributed by atoms with Crippen LogP contribution in [-0.4, -0.2) is 40.1 Å². The number of nitrogens with one attached hydrogen (secondary N) is 2. The SMILES string of the molecule is CCN(CC)C(=O)NCCn1c(=O)[nH]c2ccccc21. The third-order valence-corrected chi connectivity index (χ3v) is 3.34. The van der Waals surface area contributed by atoms with Crippen LogP contribution in [0.3, 0.4) is 0 Å². The Hall–Kier alpha value is -2.24. The molecule has 2 rings (SSSR count). The zero-order valence-corrected chi connectivity index (χ0v) is 11.8. The van der Waals surface area contributed by atoms with Crippen molar-refractivity contribution in [1.29, 1.82) is 0 Å². The van der Waals surface area contributed by atoms with Crippen LogP contribution in [0.25, 0.3) is 11.0 Å². The summed E-state index contributed by atoms with van der Waals surface area (Å²) < 4.78 is 1.64. The van der Waals surface area contributed by atoms with Crippen LogP contribution < -0.4 is 11.0 Å². The predicted molar refractivity (Wildman–Crippen MR) is 78.9 cm³/mol. The molecule has 0 unspecified atom stereocenters. The van der Waals surface area contributed by atoms with E-state index in [0.29, 0.717) is 26.2 Å². The topological polar surface area (TPSA) is 70.1 Å². The molecule has 0 fully saturated rings. The zero-order chi connectivity index (χ0) is 14.5. The molecule has 0 saturated heterocycles. The molecule has 2 N–H and O–H groups in total. The molecule has 2 amide bonds. The molecule has 0 bridgehead atoms. The Morgan fingerprint density at radius 1 is 1.30 bits per heavy atom. The third-order valence-electron chi connectivity index (χ3n) is 3.34. The second-order valence-electron chi connectivity index (χ2n) is 4.50. The quantitative estimate of drug-likeness (QED) is 0.866. The van der Waals surface area contributed by atoms with Crippen LogP contribution >= 0.6 is 0 Å². The second-order valence-corrected chi connectivity index (χ2v) is 4.50. The summed E-state index contributed by atoms with van der Waals surface area (Å²) in [6.45, 7) is 6.11. The monoisotopic (exact) mass is 276 g/mol. The van der Waals surface area contributed by atoms with Gasteiger partial charge in [0.25, 0.3) is 0 Å². The van der Waals surface area contributed by atoms with Gasteiger partial charge in [-0.25, -0.2) is 9.59 Å². The number of fused-ring (bicyclic) bond motifs is 1. The van der Waals surface area contributed by atoms with Crippen LogP contribution in [0.1, 0.15) is 13.8 Å². The number of amides is 2. The Bertz CT molecular complexity index is 640. The fraction of sp³-hybridized carbons (Fsp3) is 0.429. The van der Waals surface area contributed by atoms with E-state index in [1.165, 1.54) is 0 Å². The minimum absolute atomic E-state index is 0.0945. The van der Waals surface area contributed by atoms with Gasteiger partial charge in [-0.15, -0.1) is 0 Å². The van der Waals surface area contributed by atoms with Crippen LogP contribution in [-0.2, 0) is 6.54 Å².